The first-order valence-corrected chi connectivity index (χ1v) is 3.98. The van der Waals surface area contributed by atoms with Crippen LogP contribution in [0.15, 0.2) is 6.07 Å². The van der Waals surface area contributed by atoms with E-state index in [0.29, 0.717) is 11.8 Å². The topological polar surface area (TPSA) is 48.1 Å². The number of fused-ring (bicyclic) bond motifs is 1. The van der Waals surface area contributed by atoms with E-state index in [1.165, 1.54) is 0 Å². The molecule has 1 aromatic heterocycles. The number of nitrogens with zero attached hydrogens (tertiary/aromatic N) is 1. The average Bonchev–Trinajstić information content (AvgIpc) is 2.33. The molecule has 0 unspecified atom stereocenters. The van der Waals surface area contributed by atoms with Crippen molar-refractivity contribution in [3.63, 3.8) is 0 Å². The van der Waals surface area contributed by atoms with E-state index in [1.807, 2.05) is 6.92 Å². The zero-order valence-electron chi connectivity index (χ0n) is 7.17. The summed E-state index contributed by atoms with van der Waals surface area (Å²) < 4.78 is 5.31. The van der Waals surface area contributed by atoms with Crippen molar-refractivity contribution in [3.8, 4) is 5.75 Å². The van der Waals surface area contributed by atoms with E-state index in [4.69, 9.17) is 22.1 Å². The molecule has 1 radical (unpaired) electrons. The van der Waals surface area contributed by atoms with Crippen LogP contribution < -0.4 is 10.5 Å². The molecule has 0 amide bonds. The molecule has 2 heterocycles. The minimum atomic E-state index is 0. The Labute approximate surface area is 107 Å². The number of hydrogen-bond acceptors (Lipinski definition) is 3. The summed E-state index contributed by atoms with van der Waals surface area (Å²) >= 11 is 5.76. The first-order chi connectivity index (χ1) is 5.68. The standard InChI is InChI=1S/C8H8ClN2O.Y/c1-4-8-5(2-7(9)11-4)6(10)3-12-8;/h2H,3,10H2,1H3;/q-1;. The fraction of sp³-hybridized carbons (Fsp3) is 0.250. The Balaban J connectivity index is 0.000000845. The maximum Gasteiger partial charge on any atom is 0.0743 e. The molecule has 1 aliphatic heterocycles. The van der Waals surface area contributed by atoms with Crippen molar-refractivity contribution in [3.05, 3.63) is 28.5 Å². The third-order valence-corrected chi connectivity index (χ3v) is 2.02. The second-order valence-corrected chi connectivity index (χ2v) is 3.11. The van der Waals surface area contributed by atoms with Crippen molar-refractivity contribution in [2.75, 3.05) is 6.61 Å². The summed E-state index contributed by atoms with van der Waals surface area (Å²) in [6, 6.07) is 2.45. The number of rotatable bonds is 0. The molecule has 0 atom stereocenters. The van der Waals surface area contributed by atoms with Crippen LogP contribution in [-0.2, 0) is 32.7 Å². The third-order valence-electron chi connectivity index (χ3n) is 1.83. The molecule has 3 nitrogen and oxygen atoms in total. The number of ether oxygens (including phenoxy) is 1. The Morgan fingerprint density at radius 1 is 1.69 bits per heavy atom. The minimum absolute atomic E-state index is 0. The van der Waals surface area contributed by atoms with Crippen molar-refractivity contribution in [1.29, 1.82) is 0 Å². The summed E-state index contributed by atoms with van der Waals surface area (Å²) in [7, 11) is 0. The van der Waals surface area contributed by atoms with Crippen LogP contribution in [0.2, 0.25) is 5.15 Å². The molecule has 1 aliphatic rings. The second-order valence-electron chi connectivity index (χ2n) is 2.72. The molecule has 1 aromatic rings. The molecule has 2 rings (SSSR count). The van der Waals surface area contributed by atoms with Crippen LogP contribution in [0.25, 0.3) is 0 Å². The molecule has 0 saturated carbocycles. The van der Waals surface area contributed by atoms with Gasteiger partial charge in [-0.3, -0.25) is 4.98 Å². The van der Waals surface area contributed by atoms with Gasteiger partial charge >= 0.3 is 0 Å². The second kappa shape index (κ2) is 4.13. The SMILES string of the molecule is Cc1nc(Cl)cc2c1OC[C-]2N.[Y]. The van der Waals surface area contributed by atoms with Gasteiger partial charge in [0.2, 0.25) is 0 Å². The molecule has 13 heavy (non-hydrogen) atoms. The molecule has 0 saturated heterocycles. The summed E-state index contributed by atoms with van der Waals surface area (Å²) in [5, 5.41) is 0.458. The molecule has 0 spiro atoms. The van der Waals surface area contributed by atoms with E-state index < -0.39 is 0 Å². The summed E-state index contributed by atoms with van der Waals surface area (Å²) in [6.07, 6.45) is 0. The largest absolute Gasteiger partial charge is 0.555 e. The van der Waals surface area contributed by atoms with Crippen LogP contribution in [0.5, 0.6) is 5.75 Å². The van der Waals surface area contributed by atoms with Gasteiger partial charge in [-0.15, -0.1) is 11.6 Å². The van der Waals surface area contributed by atoms with Gasteiger partial charge in [0.1, 0.15) is 0 Å². The Bertz CT molecular complexity index is 332. The van der Waals surface area contributed by atoms with Crippen molar-refractivity contribution in [2.24, 2.45) is 5.73 Å². The van der Waals surface area contributed by atoms with Crippen molar-refractivity contribution in [2.45, 2.75) is 6.92 Å². The Hall–Kier alpha value is 0.174. The molecular weight excluding hydrogens is 264 g/mol. The van der Waals surface area contributed by atoms with E-state index in [1.54, 1.807) is 6.07 Å². The molecule has 0 aliphatic carbocycles. The molecule has 2 N–H and O–H groups in total. The Morgan fingerprint density at radius 3 is 3.08 bits per heavy atom. The van der Waals surface area contributed by atoms with Gasteiger partial charge < -0.3 is 10.5 Å². The maximum atomic E-state index is 5.76. The van der Waals surface area contributed by atoms with Gasteiger partial charge in [0.05, 0.1) is 11.8 Å². The van der Waals surface area contributed by atoms with E-state index >= 15 is 0 Å². The maximum absolute atomic E-state index is 5.76. The van der Waals surface area contributed by atoms with Crippen LogP contribution in [0, 0.1) is 13.0 Å². The van der Waals surface area contributed by atoms with Gasteiger partial charge in [-0.05, 0) is 6.92 Å². The third kappa shape index (κ3) is 1.99. The van der Waals surface area contributed by atoms with Crippen molar-refractivity contribution in [1.82, 2.24) is 4.98 Å². The summed E-state index contributed by atoms with van der Waals surface area (Å²) in [4.78, 5) is 4.05. The summed E-state index contributed by atoms with van der Waals surface area (Å²) in [5.41, 5.74) is 7.36. The first-order valence-electron chi connectivity index (χ1n) is 3.60. The van der Waals surface area contributed by atoms with Crippen molar-refractivity contribution >= 4 is 11.6 Å². The number of aryl methyl sites for hydroxylation is 1. The monoisotopic (exact) mass is 272 g/mol. The predicted octanol–water partition coefficient (Wildman–Crippen LogP) is 1.27. The number of hydrogen-bond donors (Lipinski definition) is 1. The fourth-order valence-electron chi connectivity index (χ4n) is 1.27. The molecule has 67 valence electrons. The zero-order chi connectivity index (χ0) is 8.72. The number of pyridine rings is 1. The van der Waals surface area contributed by atoms with Crippen LogP contribution in [-0.4, -0.2) is 11.6 Å². The zero-order valence-corrected chi connectivity index (χ0v) is 10.8. The van der Waals surface area contributed by atoms with Gasteiger partial charge in [0.15, 0.2) is 0 Å². The quantitative estimate of drug-likeness (QED) is 0.571. The minimum Gasteiger partial charge on any atom is -0.555 e. The van der Waals surface area contributed by atoms with E-state index in [-0.39, 0.29) is 32.7 Å². The molecule has 0 aromatic carbocycles. The Morgan fingerprint density at radius 2 is 2.38 bits per heavy atom. The predicted molar refractivity (Wildman–Crippen MR) is 46.0 cm³/mol. The molecule has 0 fully saturated rings. The fourth-order valence-corrected chi connectivity index (χ4v) is 1.51. The van der Waals surface area contributed by atoms with E-state index in [0.717, 1.165) is 23.0 Å². The van der Waals surface area contributed by atoms with Crippen LogP contribution in [0.3, 0.4) is 0 Å². The van der Waals surface area contributed by atoms with Crippen LogP contribution >= 0.6 is 11.6 Å². The van der Waals surface area contributed by atoms with Gasteiger partial charge in [-0.25, -0.2) is 0 Å². The van der Waals surface area contributed by atoms with Crippen LogP contribution in [0.1, 0.15) is 11.3 Å². The molecular formula is C8H8ClN2OY-. The van der Waals surface area contributed by atoms with E-state index in [2.05, 4.69) is 4.98 Å². The molecule has 0 bridgehead atoms. The van der Waals surface area contributed by atoms with Gasteiger partial charge in [0, 0.05) is 44.2 Å². The van der Waals surface area contributed by atoms with Gasteiger partial charge in [-0.2, -0.15) is 0 Å². The Kier molecular flexibility index (Phi) is 3.58. The number of halogens is 1. The number of nitrogens with two attached hydrogens (primary N) is 1. The normalized spacial score (nSPS) is 13.3. The summed E-state index contributed by atoms with van der Waals surface area (Å²) in [6.45, 7) is 2.29. The van der Waals surface area contributed by atoms with Crippen LogP contribution in [0.4, 0.5) is 0 Å². The summed E-state index contributed by atoms with van der Waals surface area (Å²) in [5.74, 6) is 0.761. The number of aromatic nitrogens is 1. The first kappa shape index (κ1) is 11.2. The average molecular weight is 273 g/mol. The smallest absolute Gasteiger partial charge is 0.0743 e. The molecule has 5 heteroatoms. The van der Waals surface area contributed by atoms with Gasteiger partial charge in [-0.1, -0.05) is 17.6 Å². The van der Waals surface area contributed by atoms with Crippen molar-refractivity contribution < 1.29 is 37.4 Å². The van der Waals surface area contributed by atoms with Gasteiger partial charge in [0.25, 0.3) is 0 Å². The van der Waals surface area contributed by atoms with E-state index in [9.17, 15) is 0 Å².